The Morgan fingerprint density at radius 2 is 2.19 bits per heavy atom. The number of carbonyl (C=O) groups is 1. The molecular weight excluding hydrogens is 228 g/mol. The molecule has 6 heteroatoms. The number of aromatic nitrogens is 3. The molecule has 0 aliphatic carbocycles. The van der Waals surface area contributed by atoms with Crippen molar-refractivity contribution >= 4 is 23.1 Å². The SMILES string of the molecule is Cn1nncc1C(=O)c1cc(N)cc(Cl)c1. The van der Waals surface area contributed by atoms with Gasteiger partial charge in [-0.05, 0) is 18.2 Å². The molecule has 0 fully saturated rings. The second kappa shape index (κ2) is 3.94. The fraction of sp³-hybridized carbons (Fsp3) is 0.100. The first kappa shape index (κ1) is 10.6. The number of benzene rings is 1. The first-order valence-electron chi connectivity index (χ1n) is 4.53. The summed E-state index contributed by atoms with van der Waals surface area (Å²) in [5.74, 6) is -0.207. The summed E-state index contributed by atoms with van der Waals surface area (Å²) in [4.78, 5) is 12.0. The highest BCUT2D eigenvalue weighted by molar-refractivity contribution is 6.31. The van der Waals surface area contributed by atoms with E-state index in [4.69, 9.17) is 17.3 Å². The first-order chi connectivity index (χ1) is 7.58. The van der Waals surface area contributed by atoms with Gasteiger partial charge in [0.05, 0.1) is 6.20 Å². The van der Waals surface area contributed by atoms with Crippen LogP contribution < -0.4 is 5.73 Å². The molecule has 0 unspecified atom stereocenters. The Labute approximate surface area is 96.8 Å². The van der Waals surface area contributed by atoms with E-state index >= 15 is 0 Å². The third kappa shape index (κ3) is 1.90. The van der Waals surface area contributed by atoms with E-state index in [9.17, 15) is 4.79 Å². The van der Waals surface area contributed by atoms with E-state index in [0.717, 1.165) is 0 Å². The van der Waals surface area contributed by atoms with Crippen molar-refractivity contribution in [2.24, 2.45) is 7.05 Å². The maximum absolute atomic E-state index is 12.0. The molecule has 0 aliphatic heterocycles. The van der Waals surface area contributed by atoms with E-state index in [-0.39, 0.29) is 5.78 Å². The fourth-order valence-corrected chi connectivity index (χ4v) is 1.63. The highest BCUT2D eigenvalue weighted by Gasteiger charge is 2.14. The van der Waals surface area contributed by atoms with Crippen molar-refractivity contribution < 1.29 is 4.79 Å². The van der Waals surface area contributed by atoms with Crippen LogP contribution in [-0.2, 0) is 7.05 Å². The number of ketones is 1. The number of rotatable bonds is 2. The normalized spacial score (nSPS) is 10.4. The Balaban J connectivity index is 2.45. The lowest BCUT2D eigenvalue weighted by molar-refractivity contribution is 0.103. The van der Waals surface area contributed by atoms with Gasteiger partial charge in [0, 0.05) is 23.3 Å². The molecule has 0 atom stereocenters. The minimum atomic E-state index is -0.207. The average molecular weight is 237 g/mol. The summed E-state index contributed by atoms with van der Waals surface area (Å²) in [5.41, 5.74) is 6.88. The lowest BCUT2D eigenvalue weighted by Gasteiger charge is -2.02. The van der Waals surface area contributed by atoms with Crippen molar-refractivity contribution in [3.05, 3.63) is 40.7 Å². The highest BCUT2D eigenvalue weighted by Crippen LogP contribution is 2.18. The molecule has 2 rings (SSSR count). The van der Waals surface area contributed by atoms with Gasteiger partial charge in [-0.3, -0.25) is 4.79 Å². The maximum atomic E-state index is 12.0. The first-order valence-corrected chi connectivity index (χ1v) is 4.91. The van der Waals surface area contributed by atoms with E-state index in [1.807, 2.05) is 0 Å². The third-order valence-corrected chi connectivity index (χ3v) is 2.35. The number of hydrogen-bond donors (Lipinski definition) is 1. The molecule has 0 aliphatic rings. The topological polar surface area (TPSA) is 73.8 Å². The molecule has 0 saturated carbocycles. The summed E-state index contributed by atoms with van der Waals surface area (Å²) in [6, 6.07) is 4.72. The number of anilines is 1. The van der Waals surface area contributed by atoms with Gasteiger partial charge in [-0.15, -0.1) is 5.10 Å². The van der Waals surface area contributed by atoms with E-state index in [2.05, 4.69) is 10.3 Å². The summed E-state index contributed by atoms with van der Waals surface area (Å²) in [6.07, 6.45) is 1.40. The molecule has 0 radical (unpaired) electrons. The monoisotopic (exact) mass is 236 g/mol. The van der Waals surface area contributed by atoms with Crippen LogP contribution in [0.2, 0.25) is 5.02 Å². The van der Waals surface area contributed by atoms with Crippen LogP contribution in [0.4, 0.5) is 5.69 Å². The summed E-state index contributed by atoms with van der Waals surface area (Å²) >= 11 is 5.83. The van der Waals surface area contributed by atoms with Crippen LogP contribution in [0.5, 0.6) is 0 Å². The number of carbonyl (C=O) groups excluding carboxylic acids is 1. The van der Waals surface area contributed by atoms with Crippen LogP contribution in [0, 0.1) is 0 Å². The van der Waals surface area contributed by atoms with Crippen molar-refractivity contribution in [1.82, 2.24) is 15.0 Å². The summed E-state index contributed by atoms with van der Waals surface area (Å²) in [6.45, 7) is 0. The number of nitrogens with two attached hydrogens (primary N) is 1. The molecule has 0 amide bonds. The zero-order valence-corrected chi connectivity index (χ0v) is 9.27. The summed E-state index contributed by atoms with van der Waals surface area (Å²) in [5, 5.41) is 7.76. The second-order valence-electron chi connectivity index (χ2n) is 3.35. The zero-order valence-electron chi connectivity index (χ0n) is 8.51. The predicted octanol–water partition coefficient (Wildman–Crippen LogP) is 1.28. The van der Waals surface area contributed by atoms with Gasteiger partial charge in [0.2, 0.25) is 5.78 Å². The number of hydrogen-bond acceptors (Lipinski definition) is 4. The molecular formula is C10H9ClN4O. The van der Waals surface area contributed by atoms with E-state index in [0.29, 0.717) is 22.0 Å². The Kier molecular flexibility index (Phi) is 2.62. The smallest absolute Gasteiger partial charge is 0.212 e. The number of nitrogen functional groups attached to an aromatic ring is 1. The Bertz CT molecular complexity index is 529. The Hall–Kier alpha value is -1.88. The molecule has 5 nitrogen and oxygen atoms in total. The van der Waals surface area contributed by atoms with Crippen molar-refractivity contribution in [2.45, 2.75) is 0 Å². The van der Waals surface area contributed by atoms with Crippen LogP contribution in [0.1, 0.15) is 16.1 Å². The lowest BCUT2D eigenvalue weighted by atomic mass is 10.1. The number of aryl methyl sites for hydroxylation is 1. The van der Waals surface area contributed by atoms with Crippen LogP contribution in [-0.4, -0.2) is 20.8 Å². The molecule has 82 valence electrons. The van der Waals surface area contributed by atoms with Crippen LogP contribution in [0.3, 0.4) is 0 Å². The van der Waals surface area contributed by atoms with Gasteiger partial charge in [0.1, 0.15) is 5.69 Å². The molecule has 1 aromatic heterocycles. The second-order valence-corrected chi connectivity index (χ2v) is 3.78. The zero-order chi connectivity index (χ0) is 11.7. The standard InChI is InChI=1S/C10H9ClN4O/c1-15-9(5-13-14-15)10(16)6-2-7(11)4-8(12)3-6/h2-5H,12H2,1H3. The average Bonchev–Trinajstić information content (AvgIpc) is 2.62. The predicted molar refractivity (Wildman–Crippen MR) is 60.3 cm³/mol. The molecule has 1 heterocycles. The van der Waals surface area contributed by atoms with Crippen molar-refractivity contribution in [2.75, 3.05) is 5.73 Å². The van der Waals surface area contributed by atoms with Gasteiger partial charge in [0.15, 0.2) is 0 Å². The fourth-order valence-electron chi connectivity index (χ4n) is 1.39. The van der Waals surface area contributed by atoms with Crippen molar-refractivity contribution in [1.29, 1.82) is 0 Å². The van der Waals surface area contributed by atoms with Gasteiger partial charge < -0.3 is 5.73 Å². The largest absolute Gasteiger partial charge is 0.399 e. The molecule has 0 bridgehead atoms. The quantitative estimate of drug-likeness (QED) is 0.630. The molecule has 2 aromatic rings. The van der Waals surface area contributed by atoms with Crippen molar-refractivity contribution in [3.8, 4) is 0 Å². The summed E-state index contributed by atoms with van der Waals surface area (Å²) < 4.78 is 1.40. The van der Waals surface area contributed by atoms with Gasteiger partial charge in [-0.2, -0.15) is 0 Å². The van der Waals surface area contributed by atoms with Crippen molar-refractivity contribution in [3.63, 3.8) is 0 Å². The highest BCUT2D eigenvalue weighted by atomic mass is 35.5. The van der Waals surface area contributed by atoms with Crippen LogP contribution in [0.15, 0.2) is 24.4 Å². The van der Waals surface area contributed by atoms with Crippen LogP contribution in [0.25, 0.3) is 0 Å². The van der Waals surface area contributed by atoms with E-state index < -0.39 is 0 Å². The lowest BCUT2D eigenvalue weighted by Crippen LogP contribution is -2.08. The molecule has 1 aromatic carbocycles. The van der Waals surface area contributed by atoms with Gasteiger partial charge >= 0.3 is 0 Å². The number of nitrogens with zero attached hydrogens (tertiary/aromatic N) is 3. The minimum Gasteiger partial charge on any atom is -0.399 e. The van der Waals surface area contributed by atoms with Gasteiger partial charge in [-0.25, -0.2) is 4.68 Å². The van der Waals surface area contributed by atoms with Gasteiger partial charge in [0.25, 0.3) is 0 Å². The van der Waals surface area contributed by atoms with Gasteiger partial charge in [-0.1, -0.05) is 16.8 Å². The molecule has 2 N–H and O–H groups in total. The third-order valence-electron chi connectivity index (χ3n) is 2.13. The van der Waals surface area contributed by atoms with E-state index in [1.165, 1.54) is 10.9 Å². The Morgan fingerprint density at radius 1 is 1.44 bits per heavy atom. The van der Waals surface area contributed by atoms with Crippen LogP contribution >= 0.6 is 11.6 Å². The number of halogens is 1. The maximum Gasteiger partial charge on any atom is 0.212 e. The molecule has 0 spiro atoms. The minimum absolute atomic E-state index is 0.207. The molecule has 16 heavy (non-hydrogen) atoms. The Morgan fingerprint density at radius 3 is 2.75 bits per heavy atom. The molecule has 0 saturated heterocycles. The van der Waals surface area contributed by atoms with E-state index in [1.54, 1.807) is 25.2 Å². The summed E-state index contributed by atoms with van der Waals surface area (Å²) in [7, 11) is 1.65.